The molecule has 2 rings (SSSR count). The molecule has 0 aliphatic heterocycles. The summed E-state index contributed by atoms with van der Waals surface area (Å²) in [7, 11) is 1.75. The molecule has 0 bridgehead atoms. The van der Waals surface area contributed by atoms with Gasteiger partial charge in [0.1, 0.15) is 11.6 Å². The molecule has 0 aliphatic carbocycles. The number of carbonyl (C=O) groups excluding carboxylic acids is 1. The number of benzene rings is 1. The van der Waals surface area contributed by atoms with E-state index in [-0.39, 0.29) is 11.7 Å². The predicted molar refractivity (Wildman–Crippen MR) is 77.7 cm³/mol. The largest absolute Gasteiger partial charge is 0.468 e. The molecule has 3 nitrogen and oxygen atoms in total. The van der Waals surface area contributed by atoms with E-state index in [1.807, 2.05) is 12.1 Å². The van der Waals surface area contributed by atoms with Crippen LogP contribution in [0.1, 0.15) is 11.3 Å². The van der Waals surface area contributed by atoms with E-state index >= 15 is 0 Å². The van der Waals surface area contributed by atoms with E-state index in [0.29, 0.717) is 18.1 Å². The molecule has 1 amide bonds. The van der Waals surface area contributed by atoms with Crippen molar-refractivity contribution in [2.24, 2.45) is 0 Å². The molecule has 1 aromatic carbocycles. The fraction of sp³-hybridized carbons (Fsp3) is 0.267. The van der Waals surface area contributed by atoms with Gasteiger partial charge in [0.25, 0.3) is 0 Å². The van der Waals surface area contributed by atoms with Gasteiger partial charge in [0, 0.05) is 13.6 Å². The number of amides is 1. The highest BCUT2D eigenvalue weighted by Crippen LogP contribution is 2.13. The van der Waals surface area contributed by atoms with Crippen molar-refractivity contribution in [3.05, 3.63) is 59.8 Å². The van der Waals surface area contributed by atoms with Crippen LogP contribution in [-0.4, -0.2) is 23.6 Å². The van der Waals surface area contributed by atoms with Crippen LogP contribution in [0.15, 0.2) is 47.1 Å². The lowest BCUT2D eigenvalue weighted by molar-refractivity contribution is -0.127. The first-order chi connectivity index (χ1) is 9.65. The third-order valence-electron chi connectivity index (χ3n) is 2.81. The Morgan fingerprint density at radius 2 is 2.05 bits per heavy atom. The van der Waals surface area contributed by atoms with Crippen LogP contribution >= 0.6 is 11.8 Å². The molecule has 2 aromatic rings. The minimum Gasteiger partial charge on any atom is -0.468 e. The fourth-order valence-electron chi connectivity index (χ4n) is 1.70. The van der Waals surface area contributed by atoms with Crippen molar-refractivity contribution >= 4 is 17.7 Å². The van der Waals surface area contributed by atoms with Gasteiger partial charge in [-0.05, 0) is 29.8 Å². The Hall–Kier alpha value is -1.75. The number of carbonyl (C=O) groups is 1. The number of hydrogen-bond acceptors (Lipinski definition) is 3. The standard InChI is InChI=1S/C15H16FNO2S/c1-17(9-12-4-6-13(16)7-5-12)15(18)11-20-10-14-3-2-8-19-14/h2-8H,9-11H2,1H3. The number of halogens is 1. The highest BCUT2D eigenvalue weighted by atomic mass is 32.2. The maximum Gasteiger partial charge on any atom is 0.232 e. The smallest absolute Gasteiger partial charge is 0.232 e. The second kappa shape index (κ2) is 7.14. The summed E-state index contributed by atoms with van der Waals surface area (Å²) in [4.78, 5) is 13.6. The monoisotopic (exact) mass is 293 g/mol. The molecule has 0 spiro atoms. The lowest BCUT2D eigenvalue weighted by Gasteiger charge is -2.17. The lowest BCUT2D eigenvalue weighted by Crippen LogP contribution is -2.27. The molecule has 0 saturated carbocycles. The van der Waals surface area contributed by atoms with Crippen LogP contribution in [0, 0.1) is 5.82 Å². The topological polar surface area (TPSA) is 33.5 Å². The minimum absolute atomic E-state index is 0.0471. The SMILES string of the molecule is CN(Cc1ccc(F)cc1)C(=O)CSCc1ccco1. The second-order valence-electron chi connectivity index (χ2n) is 4.45. The third kappa shape index (κ3) is 4.42. The van der Waals surface area contributed by atoms with Crippen LogP contribution in [0.5, 0.6) is 0 Å². The number of thioether (sulfide) groups is 1. The van der Waals surface area contributed by atoms with E-state index in [2.05, 4.69) is 0 Å². The summed E-state index contributed by atoms with van der Waals surface area (Å²) in [5, 5.41) is 0. The Labute approximate surface area is 121 Å². The molecular formula is C15H16FNO2S. The summed E-state index contributed by atoms with van der Waals surface area (Å²) in [6.45, 7) is 0.487. The van der Waals surface area contributed by atoms with Crippen LogP contribution in [-0.2, 0) is 17.1 Å². The zero-order valence-electron chi connectivity index (χ0n) is 11.2. The van der Waals surface area contributed by atoms with Gasteiger partial charge in [-0.1, -0.05) is 12.1 Å². The Balaban J connectivity index is 1.75. The predicted octanol–water partition coefficient (Wildman–Crippen LogP) is 3.31. The van der Waals surface area contributed by atoms with Gasteiger partial charge in [-0.25, -0.2) is 4.39 Å². The molecule has 1 aromatic heterocycles. The Bertz CT molecular complexity index is 540. The van der Waals surface area contributed by atoms with Crippen molar-refractivity contribution in [1.29, 1.82) is 0 Å². The van der Waals surface area contributed by atoms with Crippen LogP contribution in [0.25, 0.3) is 0 Å². The molecule has 1 heterocycles. The Morgan fingerprint density at radius 1 is 1.30 bits per heavy atom. The van der Waals surface area contributed by atoms with Gasteiger partial charge < -0.3 is 9.32 Å². The average Bonchev–Trinajstić information content (AvgIpc) is 2.94. The van der Waals surface area contributed by atoms with Crippen molar-refractivity contribution in [2.45, 2.75) is 12.3 Å². The van der Waals surface area contributed by atoms with Crippen LogP contribution < -0.4 is 0 Å². The average molecular weight is 293 g/mol. The first kappa shape index (κ1) is 14.7. The molecule has 0 radical (unpaired) electrons. The number of furan rings is 1. The molecule has 20 heavy (non-hydrogen) atoms. The van der Waals surface area contributed by atoms with Gasteiger partial charge in [-0.2, -0.15) is 0 Å². The van der Waals surface area contributed by atoms with Crippen molar-refractivity contribution < 1.29 is 13.6 Å². The fourth-order valence-corrected chi connectivity index (χ4v) is 2.56. The summed E-state index contributed by atoms with van der Waals surface area (Å²) in [5.74, 6) is 1.73. The van der Waals surface area contributed by atoms with E-state index in [4.69, 9.17) is 4.42 Å². The molecule has 0 atom stereocenters. The van der Waals surface area contributed by atoms with Gasteiger partial charge in [0.05, 0.1) is 17.8 Å². The maximum atomic E-state index is 12.8. The number of rotatable bonds is 6. The van der Waals surface area contributed by atoms with Crippen molar-refractivity contribution in [3.8, 4) is 0 Å². The maximum absolute atomic E-state index is 12.8. The molecule has 0 N–H and O–H groups in total. The van der Waals surface area contributed by atoms with Gasteiger partial charge >= 0.3 is 0 Å². The molecule has 0 fully saturated rings. The molecule has 5 heteroatoms. The highest BCUT2D eigenvalue weighted by molar-refractivity contribution is 7.99. The second-order valence-corrected chi connectivity index (χ2v) is 5.43. The van der Waals surface area contributed by atoms with Crippen LogP contribution in [0.2, 0.25) is 0 Å². The Kier molecular flexibility index (Phi) is 5.24. The lowest BCUT2D eigenvalue weighted by atomic mass is 10.2. The normalized spacial score (nSPS) is 10.5. The minimum atomic E-state index is -0.267. The molecule has 0 unspecified atom stereocenters. The van der Waals surface area contributed by atoms with Gasteiger partial charge in [-0.3, -0.25) is 4.79 Å². The molecule has 0 saturated heterocycles. The van der Waals surface area contributed by atoms with Crippen molar-refractivity contribution in [2.75, 3.05) is 12.8 Å². The Morgan fingerprint density at radius 3 is 2.70 bits per heavy atom. The van der Waals surface area contributed by atoms with Crippen molar-refractivity contribution in [1.82, 2.24) is 4.90 Å². The van der Waals surface area contributed by atoms with E-state index in [0.717, 1.165) is 11.3 Å². The number of nitrogens with zero attached hydrogens (tertiary/aromatic N) is 1. The zero-order valence-corrected chi connectivity index (χ0v) is 12.0. The third-order valence-corrected chi connectivity index (χ3v) is 3.75. The molecule has 0 aliphatic rings. The summed E-state index contributed by atoms with van der Waals surface area (Å²) in [6, 6.07) is 9.90. The van der Waals surface area contributed by atoms with E-state index < -0.39 is 0 Å². The quantitative estimate of drug-likeness (QED) is 0.819. The van der Waals surface area contributed by atoms with Gasteiger partial charge in [0.2, 0.25) is 5.91 Å². The van der Waals surface area contributed by atoms with E-state index in [9.17, 15) is 9.18 Å². The van der Waals surface area contributed by atoms with Crippen LogP contribution in [0.4, 0.5) is 4.39 Å². The summed E-state index contributed by atoms with van der Waals surface area (Å²) >= 11 is 1.52. The summed E-state index contributed by atoms with van der Waals surface area (Å²) < 4.78 is 18.0. The number of hydrogen-bond donors (Lipinski definition) is 0. The van der Waals surface area contributed by atoms with E-state index in [1.165, 1.54) is 23.9 Å². The van der Waals surface area contributed by atoms with Crippen molar-refractivity contribution in [3.63, 3.8) is 0 Å². The summed E-state index contributed by atoms with van der Waals surface area (Å²) in [5.41, 5.74) is 0.915. The van der Waals surface area contributed by atoms with Crippen LogP contribution in [0.3, 0.4) is 0 Å². The van der Waals surface area contributed by atoms with Gasteiger partial charge in [-0.15, -0.1) is 11.8 Å². The van der Waals surface area contributed by atoms with E-state index in [1.54, 1.807) is 30.3 Å². The molecular weight excluding hydrogens is 277 g/mol. The van der Waals surface area contributed by atoms with Gasteiger partial charge in [0.15, 0.2) is 0 Å². The first-order valence-electron chi connectivity index (χ1n) is 6.23. The highest BCUT2D eigenvalue weighted by Gasteiger charge is 2.10. The zero-order chi connectivity index (χ0) is 14.4. The summed E-state index contributed by atoms with van der Waals surface area (Å²) in [6.07, 6.45) is 1.62. The first-order valence-corrected chi connectivity index (χ1v) is 7.39. The molecule has 106 valence electrons.